The summed E-state index contributed by atoms with van der Waals surface area (Å²) in [5, 5.41) is 6.35. The number of carbonyl (C=O) groups excluding carboxylic acids is 1. The molecule has 1 atom stereocenters. The zero-order valence-corrected chi connectivity index (χ0v) is 19.0. The predicted octanol–water partition coefficient (Wildman–Crippen LogP) is 4.46. The molecule has 1 saturated heterocycles. The van der Waals surface area contributed by atoms with E-state index in [9.17, 15) is 4.79 Å². The van der Waals surface area contributed by atoms with Crippen molar-refractivity contribution in [1.29, 1.82) is 0 Å². The fraction of sp³-hybridized carbons (Fsp3) is 0.333. The van der Waals surface area contributed by atoms with E-state index in [0.29, 0.717) is 18.1 Å². The predicted molar refractivity (Wildman–Crippen MR) is 129 cm³/mol. The van der Waals surface area contributed by atoms with E-state index >= 15 is 0 Å². The molecule has 172 valence electrons. The third-order valence-electron chi connectivity index (χ3n) is 5.74. The van der Waals surface area contributed by atoms with Crippen LogP contribution in [0.25, 0.3) is 0 Å². The van der Waals surface area contributed by atoms with E-state index in [1.807, 2.05) is 36.4 Å². The summed E-state index contributed by atoms with van der Waals surface area (Å²) in [6, 6.07) is 21.4. The van der Waals surface area contributed by atoms with Crippen molar-refractivity contribution in [2.24, 2.45) is 0 Å². The average molecular weight is 446 g/mol. The highest BCUT2D eigenvalue weighted by atomic mass is 16.5. The molecule has 33 heavy (non-hydrogen) atoms. The molecule has 2 N–H and O–H groups in total. The van der Waals surface area contributed by atoms with Crippen molar-refractivity contribution >= 4 is 11.7 Å². The number of anilines is 1. The maximum Gasteiger partial charge on any atom is 0.247 e. The Kier molecular flexibility index (Phi) is 8.06. The summed E-state index contributed by atoms with van der Waals surface area (Å²) in [7, 11) is 0. The third-order valence-corrected chi connectivity index (χ3v) is 5.74. The lowest BCUT2D eigenvalue weighted by atomic mass is 10.1. The van der Waals surface area contributed by atoms with Gasteiger partial charge in [0.25, 0.3) is 0 Å². The zero-order valence-electron chi connectivity index (χ0n) is 19.0. The minimum absolute atomic E-state index is 0.143. The van der Waals surface area contributed by atoms with Gasteiger partial charge in [0.15, 0.2) is 0 Å². The van der Waals surface area contributed by atoms with E-state index in [1.165, 1.54) is 11.1 Å². The Morgan fingerprint density at radius 3 is 2.52 bits per heavy atom. The van der Waals surface area contributed by atoms with Gasteiger partial charge in [-0.05, 0) is 36.6 Å². The second kappa shape index (κ2) is 11.6. The molecule has 1 aliphatic heterocycles. The van der Waals surface area contributed by atoms with Gasteiger partial charge in [0, 0.05) is 19.4 Å². The normalized spacial score (nSPS) is 15.1. The van der Waals surface area contributed by atoms with Crippen molar-refractivity contribution in [2.75, 3.05) is 25.1 Å². The molecule has 2 aromatic carbocycles. The zero-order chi connectivity index (χ0) is 22.9. The molecule has 6 nitrogen and oxygen atoms in total. The molecule has 0 aliphatic carbocycles. The van der Waals surface area contributed by atoms with Gasteiger partial charge in [-0.15, -0.1) is 0 Å². The molecule has 3 aromatic rings. The molecular formula is C27H31N3O3. The van der Waals surface area contributed by atoms with Crippen LogP contribution in [0.3, 0.4) is 0 Å². The van der Waals surface area contributed by atoms with Crippen LogP contribution in [-0.2, 0) is 16.0 Å². The lowest BCUT2D eigenvalue weighted by Crippen LogP contribution is -2.34. The fourth-order valence-corrected chi connectivity index (χ4v) is 3.83. The van der Waals surface area contributed by atoms with E-state index in [1.54, 1.807) is 12.3 Å². The van der Waals surface area contributed by atoms with Crippen LogP contribution >= 0.6 is 0 Å². The summed E-state index contributed by atoms with van der Waals surface area (Å²) in [4.78, 5) is 17.5. The molecule has 0 bridgehead atoms. The Balaban J connectivity index is 1.36. The van der Waals surface area contributed by atoms with Crippen LogP contribution in [-0.4, -0.2) is 36.8 Å². The van der Waals surface area contributed by atoms with Gasteiger partial charge in [-0.3, -0.25) is 4.79 Å². The van der Waals surface area contributed by atoms with E-state index in [4.69, 9.17) is 9.47 Å². The summed E-state index contributed by atoms with van der Waals surface area (Å²) >= 11 is 0. The highest BCUT2D eigenvalue weighted by Gasteiger charge is 2.21. The number of hydrogen-bond acceptors (Lipinski definition) is 5. The number of nitrogens with one attached hydrogen (secondary N) is 2. The van der Waals surface area contributed by atoms with Gasteiger partial charge in [0.05, 0.1) is 19.4 Å². The van der Waals surface area contributed by atoms with Crippen molar-refractivity contribution in [2.45, 2.75) is 38.3 Å². The highest BCUT2D eigenvalue weighted by Crippen LogP contribution is 2.20. The number of amides is 1. The standard InChI is InChI=1S/C27H31N3O3/c1-20-7-9-21(10-8-20)13-16-28-26(22-5-3-2-4-6-22)27(31)30-25-12-11-24(19-29-25)33-23-14-17-32-18-15-23/h2-12,19,23,26,28H,13-18H2,1H3,(H,29,30,31)/t26-/m1/s1. The first kappa shape index (κ1) is 23.0. The van der Waals surface area contributed by atoms with E-state index < -0.39 is 6.04 Å². The number of carbonyl (C=O) groups is 1. The lowest BCUT2D eigenvalue weighted by molar-refractivity contribution is -0.118. The maximum atomic E-state index is 13.1. The van der Waals surface area contributed by atoms with Crippen LogP contribution in [0.4, 0.5) is 5.82 Å². The topological polar surface area (TPSA) is 72.5 Å². The first-order valence-electron chi connectivity index (χ1n) is 11.5. The number of rotatable bonds is 9. The van der Waals surface area contributed by atoms with Crippen LogP contribution in [0.1, 0.15) is 35.6 Å². The van der Waals surface area contributed by atoms with Gasteiger partial charge >= 0.3 is 0 Å². The van der Waals surface area contributed by atoms with Crippen molar-refractivity contribution in [3.05, 3.63) is 89.6 Å². The van der Waals surface area contributed by atoms with Crippen molar-refractivity contribution in [1.82, 2.24) is 10.3 Å². The van der Waals surface area contributed by atoms with Crippen LogP contribution in [0, 0.1) is 6.92 Å². The number of pyridine rings is 1. The summed E-state index contributed by atoms with van der Waals surface area (Å²) in [5.41, 5.74) is 3.39. The molecule has 0 spiro atoms. The number of ether oxygens (including phenoxy) is 2. The SMILES string of the molecule is Cc1ccc(CCN[C@@H](C(=O)Nc2ccc(OC3CCOCC3)cn2)c2ccccc2)cc1. The second-order valence-electron chi connectivity index (χ2n) is 8.33. The first-order valence-corrected chi connectivity index (χ1v) is 11.5. The second-order valence-corrected chi connectivity index (χ2v) is 8.33. The molecule has 6 heteroatoms. The number of benzene rings is 2. The molecule has 1 aliphatic rings. The van der Waals surface area contributed by atoms with Gasteiger partial charge < -0.3 is 20.1 Å². The molecule has 1 aromatic heterocycles. The average Bonchev–Trinajstić information content (AvgIpc) is 2.85. The molecule has 1 fully saturated rings. The van der Waals surface area contributed by atoms with Crippen LogP contribution in [0.5, 0.6) is 5.75 Å². The van der Waals surface area contributed by atoms with E-state index in [-0.39, 0.29) is 12.0 Å². The third kappa shape index (κ3) is 6.88. The minimum atomic E-state index is -0.475. The van der Waals surface area contributed by atoms with Gasteiger partial charge in [-0.25, -0.2) is 4.98 Å². The Morgan fingerprint density at radius 2 is 1.82 bits per heavy atom. The van der Waals surface area contributed by atoms with Crippen molar-refractivity contribution in [3.63, 3.8) is 0 Å². The van der Waals surface area contributed by atoms with Gasteiger partial charge in [0.1, 0.15) is 23.7 Å². The Labute approximate surface area is 195 Å². The monoisotopic (exact) mass is 445 g/mol. The molecule has 2 heterocycles. The minimum Gasteiger partial charge on any atom is -0.489 e. The molecule has 4 rings (SSSR count). The van der Waals surface area contributed by atoms with Gasteiger partial charge in [-0.2, -0.15) is 0 Å². The Bertz CT molecular complexity index is 1000. The van der Waals surface area contributed by atoms with Crippen LogP contribution < -0.4 is 15.4 Å². The van der Waals surface area contributed by atoms with E-state index in [2.05, 4.69) is 46.8 Å². The molecule has 1 amide bonds. The number of aromatic nitrogens is 1. The Morgan fingerprint density at radius 1 is 1.06 bits per heavy atom. The molecule has 0 unspecified atom stereocenters. The van der Waals surface area contributed by atoms with Crippen molar-refractivity contribution < 1.29 is 14.3 Å². The summed E-state index contributed by atoms with van der Waals surface area (Å²) in [6.45, 7) is 4.21. The largest absolute Gasteiger partial charge is 0.489 e. The lowest BCUT2D eigenvalue weighted by Gasteiger charge is -2.23. The summed E-state index contributed by atoms with van der Waals surface area (Å²) in [6.07, 6.45) is 4.42. The van der Waals surface area contributed by atoms with Gasteiger partial charge in [-0.1, -0.05) is 60.2 Å². The summed E-state index contributed by atoms with van der Waals surface area (Å²) < 4.78 is 11.3. The quantitative estimate of drug-likeness (QED) is 0.509. The number of aryl methyl sites for hydroxylation is 1. The molecular weight excluding hydrogens is 414 g/mol. The molecule has 0 radical (unpaired) electrons. The first-order chi connectivity index (χ1) is 16.2. The van der Waals surface area contributed by atoms with Crippen LogP contribution in [0.15, 0.2) is 72.9 Å². The molecule has 0 saturated carbocycles. The Hall–Kier alpha value is -3.22. The number of nitrogens with zero attached hydrogens (tertiary/aromatic N) is 1. The highest BCUT2D eigenvalue weighted by molar-refractivity contribution is 5.94. The van der Waals surface area contributed by atoms with Crippen LogP contribution in [0.2, 0.25) is 0 Å². The van der Waals surface area contributed by atoms with Gasteiger partial charge in [0.2, 0.25) is 5.91 Å². The maximum absolute atomic E-state index is 13.1. The smallest absolute Gasteiger partial charge is 0.247 e. The summed E-state index contributed by atoms with van der Waals surface area (Å²) in [5.74, 6) is 1.06. The van der Waals surface area contributed by atoms with Crippen molar-refractivity contribution in [3.8, 4) is 5.75 Å². The fourth-order valence-electron chi connectivity index (χ4n) is 3.83. The number of hydrogen-bond donors (Lipinski definition) is 2. The van der Waals surface area contributed by atoms with E-state index in [0.717, 1.165) is 38.0 Å².